The smallest absolute Gasteiger partial charge is 0.387 e. The van der Waals surface area contributed by atoms with Crippen LogP contribution in [0, 0.1) is 0 Å². The van der Waals surface area contributed by atoms with Crippen LogP contribution in [-0.4, -0.2) is 41.4 Å². The van der Waals surface area contributed by atoms with E-state index in [9.17, 15) is 13.9 Å². The Kier molecular flexibility index (Phi) is 7.11. The summed E-state index contributed by atoms with van der Waals surface area (Å²) in [4.78, 5) is 0. The highest BCUT2D eigenvalue weighted by Crippen LogP contribution is 2.26. The molecule has 1 aliphatic rings. The first-order valence-electron chi connectivity index (χ1n) is 8.04. The lowest BCUT2D eigenvalue weighted by Crippen LogP contribution is -2.46. The maximum atomic E-state index is 12.1. The second-order valence-electron chi connectivity index (χ2n) is 6.18. The monoisotopic (exact) mass is 345 g/mol. The van der Waals surface area contributed by atoms with Gasteiger partial charge in [-0.3, -0.25) is 0 Å². The molecule has 3 nitrogen and oxygen atoms in total. The van der Waals surface area contributed by atoms with Crippen molar-refractivity contribution in [1.29, 1.82) is 0 Å². The van der Waals surface area contributed by atoms with Crippen LogP contribution in [0.2, 0.25) is 0 Å². The van der Waals surface area contributed by atoms with Crippen LogP contribution in [-0.2, 0) is 6.42 Å². The fourth-order valence-corrected chi connectivity index (χ4v) is 3.87. The number of halogens is 2. The molecule has 1 heterocycles. The summed E-state index contributed by atoms with van der Waals surface area (Å²) < 4.78 is 28.5. The van der Waals surface area contributed by atoms with E-state index in [2.05, 4.69) is 17.0 Å². The lowest BCUT2D eigenvalue weighted by atomic mass is 9.96. The second kappa shape index (κ2) is 8.85. The molecule has 0 spiro atoms. The average molecular weight is 345 g/mol. The van der Waals surface area contributed by atoms with E-state index in [1.165, 1.54) is 0 Å². The minimum absolute atomic E-state index is 0.187. The Balaban J connectivity index is 1.70. The van der Waals surface area contributed by atoms with Crippen molar-refractivity contribution in [3.05, 3.63) is 29.8 Å². The van der Waals surface area contributed by atoms with Crippen molar-refractivity contribution >= 4 is 11.8 Å². The highest BCUT2D eigenvalue weighted by molar-refractivity contribution is 7.99. The third-order valence-electron chi connectivity index (χ3n) is 4.22. The SMILES string of the molecule is CC(CCc1ccc(OC(F)F)cc1)NCC1(O)CCSCC1. The van der Waals surface area contributed by atoms with Crippen LogP contribution in [0.1, 0.15) is 31.7 Å². The largest absolute Gasteiger partial charge is 0.435 e. The van der Waals surface area contributed by atoms with Gasteiger partial charge in [-0.25, -0.2) is 0 Å². The summed E-state index contributed by atoms with van der Waals surface area (Å²) >= 11 is 1.90. The molecule has 1 saturated heterocycles. The average Bonchev–Trinajstić information content (AvgIpc) is 2.52. The summed E-state index contributed by atoms with van der Waals surface area (Å²) in [5.41, 5.74) is 0.529. The number of thioether (sulfide) groups is 1. The van der Waals surface area contributed by atoms with Gasteiger partial charge in [0.25, 0.3) is 0 Å². The van der Waals surface area contributed by atoms with E-state index in [0.717, 1.165) is 42.8 Å². The first-order valence-corrected chi connectivity index (χ1v) is 9.20. The van der Waals surface area contributed by atoms with Gasteiger partial charge in [0.05, 0.1) is 5.60 Å². The highest BCUT2D eigenvalue weighted by Gasteiger charge is 2.29. The standard InChI is InChI=1S/C17H25F2NO2S/c1-13(20-12-17(21)8-10-23-11-9-17)2-3-14-4-6-15(7-5-14)22-16(18)19/h4-7,13,16,20-21H,2-3,8-12H2,1H3. The predicted octanol–water partition coefficient (Wildman–Crippen LogP) is 3.46. The molecule has 2 N–H and O–H groups in total. The molecule has 0 aromatic heterocycles. The summed E-state index contributed by atoms with van der Waals surface area (Å²) in [6.45, 7) is -0.0421. The van der Waals surface area contributed by atoms with E-state index in [1.54, 1.807) is 12.1 Å². The lowest BCUT2D eigenvalue weighted by molar-refractivity contribution is -0.0498. The molecule has 0 aliphatic carbocycles. The van der Waals surface area contributed by atoms with Gasteiger partial charge in [0, 0.05) is 12.6 Å². The van der Waals surface area contributed by atoms with Crippen molar-refractivity contribution in [2.75, 3.05) is 18.1 Å². The van der Waals surface area contributed by atoms with Gasteiger partial charge in [0.15, 0.2) is 0 Å². The molecule has 0 amide bonds. The molecule has 1 aromatic carbocycles. The topological polar surface area (TPSA) is 41.5 Å². The Morgan fingerprint density at radius 2 is 1.91 bits per heavy atom. The molecule has 1 fully saturated rings. The van der Waals surface area contributed by atoms with Gasteiger partial charge in [-0.2, -0.15) is 20.5 Å². The summed E-state index contributed by atoms with van der Waals surface area (Å²) in [7, 11) is 0. The first-order chi connectivity index (χ1) is 11.0. The van der Waals surface area contributed by atoms with E-state index in [4.69, 9.17) is 0 Å². The summed E-state index contributed by atoms with van der Waals surface area (Å²) in [5.74, 6) is 2.24. The molecule has 0 saturated carbocycles. The molecule has 130 valence electrons. The quantitative estimate of drug-likeness (QED) is 0.757. The Morgan fingerprint density at radius 1 is 1.26 bits per heavy atom. The zero-order valence-corrected chi connectivity index (χ0v) is 14.2. The van der Waals surface area contributed by atoms with Gasteiger partial charge in [-0.05, 0) is 61.8 Å². The van der Waals surface area contributed by atoms with Crippen LogP contribution in [0.3, 0.4) is 0 Å². The summed E-state index contributed by atoms with van der Waals surface area (Å²) in [5, 5.41) is 13.9. The van der Waals surface area contributed by atoms with Gasteiger partial charge in [0.2, 0.25) is 0 Å². The number of alkyl halides is 2. The van der Waals surface area contributed by atoms with Crippen LogP contribution in [0.4, 0.5) is 8.78 Å². The lowest BCUT2D eigenvalue weighted by Gasteiger charge is -2.33. The van der Waals surface area contributed by atoms with Crippen molar-refractivity contribution in [3.8, 4) is 5.75 Å². The van der Waals surface area contributed by atoms with Crippen molar-refractivity contribution in [1.82, 2.24) is 5.32 Å². The summed E-state index contributed by atoms with van der Waals surface area (Å²) in [6.07, 6.45) is 3.49. The highest BCUT2D eigenvalue weighted by atomic mass is 32.2. The van der Waals surface area contributed by atoms with Gasteiger partial charge in [0.1, 0.15) is 5.75 Å². The number of aryl methyl sites for hydroxylation is 1. The number of benzene rings is 1. The minimum Gasteiger partial charge on any atom is -0.435 e. The van der Waals surface area contributed by atoms with Crippen LogP contribution in [0.25, 0.3) is 0 Å². The van der Waals surface area contributed by atoms with E-state index < -0.39 is 12.2 Å². The Bertz CT molecular complexity index is 464. The summed E-state index contributed by atoms with van der Waals surface area (Å²) in [6, 6.07) is 7.07. The van der Waals surface area contributed by atoms with Gasteiger partial charge in [-0.1, -0.05) is 12.1 Å². The molecule has 0 radical (unpaired) electrons. The van der Waals surface area contributed by atoms with Crippen molar-refractivity contribution < 1.29 is 18.6 Å². The molecule has 1 atom stereocenters. The molecule has 23 heavy (non-hydrogen) atoms. The molecule has 1 aromatic rings. The van der Waals surface area contributed by atoms with Crippen molar-refractivity contribution in [2.24, 2.45) is 0 Å². The van der Waals surface area contributed by atoms with Crippen molar-refractivity contribution in [2.45, 2.75) is 50.9 Å². The van der Waals surface area contributed by atoms with Crippen molar-refractivity contribution in [3.63, 3.8) is 0 Å². The van der Waals surface area contributed by atoms with Gasteiger partial charge < -0.3 is 15.2 Å². The van der Waals surface area contributed by atoms with Crippen LogP contribution >= 0.6 is 11.8 Å². The molecular weight excluding hydrogens is 320 g/mol. The normalized spacial score (nSPS) is 18.8. The van der Waals surface area contributed by atoms with Gasteiger partial charge >= 0.3 is 6.61 Å². The van der Waals surface area contributed by atoms with Crippen LogP contribution in [0.5, 0.6) is 5.75 Å². The fraction of sp³-hybridized carbons (Fsp3) is 0.647. The first kappa shape index (κ1) is 18.5. The third kappa shape index (κ3) is 6.65. The fourth-order valence-electron chi connectivity index (χ4n) is 2.62. The molecule has 2 rings (SSSR count). The number of ether oxygens (including phenoxy) is 1. The minimum atomic E-state index is -2.78. The Labute approximate surface area is 140 Å². The number of aliphatic hydroxyl groups is 1. The molecule has 0 bridgehead atoms. The third-order valence-corrected chi connectivity index (χ3v) is 5.20. The Morgan fingerprint density at radius 3 is 2.52 bits per heavy atom. The van der Waals surface area contributed by atoms with E-state index in [0.29, 0.717) is 12.6 Å². The maximum Gasteiger partial charge on any atom is 0.387 e. The van der Waals surface area contributed by atoms with E-state index >= 15 is 0 Å². The molecule has 6 heteroatoms. The van der Waals surface area contributed by atoms with Gasteiger partial charge in [-0.15, -0.1) is 0 Å². The number of hydrogen-bond acceptors (Lipinski definition) is 4. The Hall–Kier alpha value is -0.850. The van der Waals surface area contributed by atoms with E-state index in [-0.39, 0.29) is 5.75 Å². The second-order valence-corrected chi connectivity index (χ2v) is 7.40. The molecule has 1 unspecified atom stereocenters. The maximum absolute atomic E-state index is 12.1. The number of rotatable bonds is 8. The number of nitrogens with one attached hydrogen (secondary N) is 1. The van der Waals surface area contributed by atoms with Crippen LogP contribution < -0.4 is 10.1 Å². The van der Waals surface area contributed by atoms with E-state index in [1.807, 2.05) is 23.9 Å². The number of hydrogen-bond donors (Lipinski definition) is 2. The molecule has 1 aliphatic heterocycles. The molecular formula is C17H25F2NO2S. The van der Waals surface area contributed by atoms with Crippen LogP contribution in [0.15, 0.2) is 24.3 Å². The predicted molar refractivity (Wildman–Crippen MR) is 90.4 cm³/mol. The zero-order valence-electron chi connectivity index (χ0n) is 13.4. The zero-order chi connectivity index (χ0) is 16.7.